The molecule has 0 saturated heterocycles. The molecule has 7 nitrogen and oxygen atoms in total. The van der Waals surface area contributed by atoms with Gasteiger partial charge in [0.05, 0.1) is 0 Å². The minimum atomic E-state index is -1.05. The number of hydrogen-bond acceptors (Lipinski definition) is 4. The van der Waals surface area contributed by atoms with Gasteiger partial charge in [-0.15, -0.1) is 0 Å². The van der Waals surface area contributed by atoms with Crippen LogP contribution in [0.3, 0.4) is 0 Å². The normalized spacial score (nSPS) is 22.5. The van der Waals surface area contributed by atoms with Crippen LogP contribution in [0.2, 0.25) is 0 Å². The molecule has 2 amide bonds. The Morgan fingerprint density at radius 1 is 0.971 bits per heavy atom. The first-order valence-electron chi connectivity index (χ1n) is 12.5. The highest BCUT2D eigenvalue weighted by Crippen LogP contribution is 2.45. The van der Waals surface area contributed by atoms with Crippen LogP contribution in [0.1, 0.15) is 62.5 Å². The highest BCUT2D eigenvalue weighted by molar-refractivity contribution is 5.90. The van der Waals surface area contributed by atoms with E-state index in [1.54, 1.807) is 6.92 Å². The summed E-state index contributed by atoms with van der Waals surface area (Å²) in [4.78, 5) is 37.2. The molecular formula is C28H32N2O5. The lowest BCUT2D eigenvalue weighted by Crippen LogP contribution is -2.60. The van der Waals surface area contributed by atoms with Crippen LogP contribution in [0, 0.1) is 11.8 Å². The third kappa shape index (κ3) is 4.77. The molecule has 2 aromatic carbocycles. The summed E-state index contributed by atoms with van der Waals surface area (Å²) in [6, 6.07) is 16.3. The Kier molecular flexibility index (Phi) is 6.26. The van der Waals surface area contributed by atoms with Gasteiger partial charge >= 0.3 is 12.1 Å². The van der Waals surface area contributed by atoms with Crippen molar-refractivity contribution in [3.8, 4) is 11.1 Å². The number of hydrogen-bond donors (Lipinski definition) is 3. The van der Waals surface area contributed by atoms with Gasteiger partial charge in [0.1, 0.15) is 12.1 Å². The summed E-state index contributed by atoms with van der Waals surface area (Å²) in [5, 5.41) is 15.0. The van der Waals surface area contributed by atoms with Gasteiger partial charge in [-0.05, 0) is 73.1 Å². The molecule has 0 bridgehead atoms. The molecule has 35 heavy (non-hydrogen) atoms. The van der Waals surface area contributed by atoms with Gasteiger partial charge in [0.25, 0.3) is 0 Å². The molecule has 3 N–H and O–H groups in total. The second kappa shape index (κ2) is 9.36. The molecule has 0 radical (unpaired) electrons. The third-order valence-corrected chi connectivity index (χ3v) is 7.91. The van der Waals surface area contributed by atoms with Crippen LogP contribution in [0.15, 0.2) is 48.5 Å². The summed E-state index contributed by atoms with van der Waals surface area (Å²) in [5.74, 6) is -0.908. The molecule has 5 rings (SSSR count). The number of alkyl carbamates (subject to hydrolysis) is 1. The lowest BCUT2D eigenvalue weighted by molar-refractivity contribution is -0.138. The zero-order valence-corrected chi connectivity index (χ0v) is 20.0. The van der Waals surface area contributed by atoms with E-state index in [1.807, 2.05) is 24.3 Å². The van der Waals surface area contributed by atoms with Gasteiger partial charge in [-0.2, -0.15) is 0 Å². The predicted molar refractivity (Wildman–Crippen MR) is 131 cm³/mol. The zero-order chi connectivity index (χ0) is 24.6. The van der Waals surface area contributed by atoms with E-state index in [2.05, 4.69) is 34.9 Å². The van der Waals surface area contributed by atoms with E-state index >= 15 is 0 Å². The SMILES string of the molecule is CC(NC(=O)OCC1c2ccccc2-c2ccccc21)(C(=O)NC1CCC(CC(=O)O)C1)C1CC1. The van der Waals surface area contributed by atoms with Crippen molar-refractivity contribution in [2.24, 2.45) is 11.8 Å². The quantitative estimate of drug-likeness (QED) is 0.522. The van der Waals surface area contributed by atoms with Gasteiger partial charge < -0.3 is 20.5 Å². The van der Waals surface area contributed by atoms with Gasteiger partial charge in [0.15, 0.2) is 0 Å². The number of nitrogens with one attached hydrogen (secondary N) is 2. The number of carboxylic acids is 1. The van der Waals surface area contributed by atoms with Crippen LogP contribution < -0.4 is 10.6 Å². The van der Waals surface area contributed by atoms with E-state index in [1.165, 1.54) is 0 Å². The molecule has 0 spiro atoms. The molecule has 3 aliphatic rings. The van der Waals surface area contributed by atoms with E-state index in [-0.39, 0.29) is 42.7 Å². The second-order valence-corrected chi connectivity index (χ2v) is 10.4. The highest BCUT2D eigenvalue weighted by Gasteiger charge is 2.49. The third-order valence-electron chi connectivity index (χ3n) is 7.91. The van der Waals surface area contributed by atoms with E-state index in [0.29, 0.717) is 6.42 Å². The fraction of sp³-hybridized carbons (Fsp3) is 0.464. The van der Waals surface area contributed by atoms with Gasteiger partial charge in [-0.3, -0.25) is 9.59 Å². The first kappa shape index (κ1) is 23.4. The first-order chi connectivity index (χ1) is 16.8. The molecule has 7 heteroatoms. The molecule has 184 valence electrons. The van der Waals surface area contributed by atoms with Crippen molar-refractivity contribution in [2.75, 3.05) is 6.61 Å². The molecule has 0 aliphatic heterocycles. The van der Waals surface area contributed by atoms with E-state index in [9.17, 15) is 14.4 Å². The number of amides is 2. The van der Waals surface area contributed by atoms with E-state index < -0.39 is 17.6 Å². The molecular weight excluding hydrogens is 444 g/mol. The molecule has 0 heterocycles. The minimum absolute atomic E-state index is 0.0428. The smallest absolute Gasteiger partial charge is 0.408 e. The van der Waals surface area contributed by atoms with E-state index in [0.717, 1.165) is 47.9 Å². The maximum absolute atomic E-state index is 13.3. The molecule has 3 unspecified atom stereocenters. The summed E-state index contributed by atoms with van der Waals surface area (Å²) in [6.07, 6.45) is 3.49. The maximum Gasteiger partial charge on any atom is 0.408 e. The lowest BCUT2D eigenvalue weighted by Gasteiger charge is -2.31. The lowest BCUT2D eigenvalue weighted by atomic mass is 9.94. The number of fused-ring (bicyclic) bond motifs is 3. The number of carboxylic acid groups (broad SMARTS) is 1. The van der Waals surface area contributed by atoms with Gasteiger partial charge in [-0.25, -0.2) is 4.79 Å². The van der Waals surface area contributed by atoms with Crippen molar-refractivity contribution in [1.29, 1.82) is 0 Å². The number of aliphatic carboxylic acids is 1. The molecule has 3 atom stereocenters. The standard InChI is InChI=1S/C28H32N2O5/c1-28(18-11-12-18,26(33)29-19-13-10-17(14-19)15-25(31)32)30-27(34)35-16-24-22-8-4-2-6-20(22)21-7-3-5-9-23(21)24/h2-9,17-19,24H,10-16H2,1H3,(H,29,33)(H,30,34)(H,31,32). The largest absolute Gasteiger partial charge is 0.481 e. The Bertz CT molecular complexity index is 1100. The fourth-order valence-electron chi connectivity index (χ4n) is 5.83. The Morgan fingerprint density at radius 2 is 1.60 bits per heavy atom. The van der Waals surface area contributed by atoms with Crippen LogP contribution in [-0.2, 0) is 14.3 Å². The summed E-state index contributed by atoms with van der Waals surface area (Å²) in [7, 11) is 0. The number of benzene rings is 2. The van der Waals surface area contributed by atoms with Crippen molar-refractivity contribution in [1.82, 2.24) is 10.6 Å². The van der Waals surface area contributed by atoms with Crippen molar-refractivity contribution < 1.29 is 24.2 Å². The Labute approximate surface area is 205 Å². The van der Waals surface area contributed by atoms with Crippen LogP contribution in [0.5, 0.6) is 0 Å². The summed E-state index contributed by atoms with van der Waals surface area (Å²) >= 11 is 0. The van der Waals surface area contributed by atoms with Crippen LogP contribution in [-0.4, -0.2) is 41.3 Å². The van der Waals surface area contributed by atoms with Gasteiger partial charge in [0.2, 0.25) is 5.91 Å². The molecule has 2 saturated carbocycles. The molecule has 0 aromatic heterocycles. The van der Waals surface area contributed by atoms with Crippen molar-refractivity contribution in [2.45, 2.75) is 62.9 Å². The minimum Gasteiger partial charge on any atom is -0.481 e. The van der Waals surface area contributed by atoms with Crippen LogP contribution in [0.25, 0.3) is 11.1 Å². The number of carbonyl (C=O) groups excluding carboxylic acids is 2. The predicted octanol–water partition coefficient (Wildman–Crippen LogP) is 4.45. The topological polar surface area (TPSA) is 105 Å². The summed E-state index contributed by atoms with van der Waals surface area (Å²) < 4.78 is 5.70. The van der Waals surface area contributed by atoms with Crippen LogP contribution >= 0.6 is 0 Å². The van der Waals surface area contributed by atoms with Gasteiger partial charge in [-0.1, -0.05) is 48.5 Å². The highest BCUT2D eigenvalue weighted by atomic mass is 16.5. The first-order valence-corrected chi connectivity index (χ1v) is 12.5. The monoisotopic (exact) mass is 476 g/mol. The van der Waals surface area contributed by atoms with Crippen molar-refractivity contribution in [3.05, 3.63) is 59.7 Å². The number of carbonyl (C=O) groups is 3. The molecule has 3 aliphatic carbocycles. The fourth-order valence-corrected chi connectivity index (χ4v) is 5.83. The Balaban J connectivity index is 1.21. The Hall–Kier alpha value is -3.35. The van der Waals surface area contributed by atoms with Crippen molar-refractivity contribution >= 4 is 18.0 Å². The Morgan fingerprint density at radius 3 is 2.20 bits per heavy atom. The van der Waals surface area contributed by atoms with E-state index in [4.69, 9.17) is 9.84 Å². The van der Waals surface area contributed by atoms with Gasteiger partial charge in [0, 0.05) is 18.4 Å². The molecule has 2 aromatic rings. The average Bonchev–Trinajstić information content (AvgIpc) is 3.54. The maximum atomic E-state index is 13.3. The number of ether oxygens (including phenoxy) is 1. The molecule has 2 fully saturated rings. The second-order valence-electron chi connectivity index (χ2n) is 10.4. The van der Waals surface area contributed by atoms with Crippen LogP contribution in [0.4, 0.5) is 4.79 Å². The number of rotatable bonds is 8. The van der Waals surface area contributed by atoms with Crippen molar-refractivity contribution in [3.63, 3.8) is 0 Å². The average molecular weight is 477 g/mol. The summed E-state index contributed by atoms with van der Waals surface area (Å²) in [5.41, 5.74) is 3.56. The summed E-state index contributed by atoms with van der Waals surface area (Å²) in [6.45, 7) is 1.97. The zero-order valence-electron chi connectivity index (χ0n) is 20.0.